The minimum atomic E-state index is -0.319. The number of nitrogens with zero attached hydrogens (tertiary/aromatic N) is 5. The highest BCUT2D eigenvalue weighted by Gasteiger charge is 2.30. The van der Waals surface area contributed by atoms with Gasteiger partial charge in [0.25, 0.3) is 0 Å². The van der Waals surface area contributed by atoms with Gasteiger partial charge in [-0.05, 0) is 73.6 Å². The number of aromatic nitrogens is 7. The Kier molecular flexibility index (Phi) is 3.48. The standard InChI is InChI=1S/C23H23N7/c1-14-4-8-20-16(10-14)13-24-30(20)23(2,3)17-7-9-21-19(11-17)26-28-29(21)22-12-18(25-27-22)15-5-6-15/h4,7-13,15H,5-6H2,1-3H3,(H,25,27)/p+1. The van der Waals surface area contributed by atoms with Gasteiger partial charge in [-0.2, -0.15) is 5.10 Å². The predicted octanol–water partition coefficient (Wildman–Crippen LogP) is 3.88. The normalized spacial score (nSPS) is 14.8. The fourth-order valence-electron chi connectivity index (χ4n) is 4.28. The number of aryl methyl sites for hydroxylation is 1. The topological polar surface area (TPSA) is 79.1 Å². The van der Waals surface area contributed by atoms with Crippen LogP contribution in [-0.2, 0) is 5.54 Å². The summed E-state index contributed by atoms with van der Waals surface area (Å²) in [7, 11) is 0. The van der Waals surface area contributed by atoms with Crippen LogP contribution >= 0.6 is 0 Å². The molecule has 0 bridgehead atoms. The lowest BCUT2D eigenvalue weighted by Gasteiger charge is -2.27. The molecule has 6 rings (SSSR count). The van der Waals surface area contributed by atoms with E-state index in [1.807, 2.05) is 10.9 Å². The van der Waals surface area contributed by atoms with E-state index in [9.17, 15) is 0 Å². The molecular formula is C23H24N7+. The van der Waals surface area contributed by atoms with Crippen LogP contribution < -0.4 is 4.68 Å². The van der Waals surface area contributed by atoms with E-state index in [4.69, 9.17) is 5.10 Å². The van der Waals surface area contributed by atoms with Crippen LogP contribution in [0.25, 0.3) is 27.8 Å². The first kappa shape index (κ1) is 17.4. The Morgan fingerprint density at radius 3 is 2.77 bits per heavy atom. The third kappa shape index (κ3) is 2.58. The summed E-state index contributed by atoms with van der Waals surface area (Å²) in [5.41, 5.74) is 6.32. The van der Waals surface area contributed by atoms with Gasteiger partial charge < -0.3 is 0 Å². The van der Waals surface area contributed by atoms with Crippen LogP contribution in [0.15, 0.2) is 48.7 Å². The molecule has 0 amide bonds. The molecule has 1 aliphatic carbocycles. The monoisotopic (exact) mass is 398 g/mol. The average molecular weight is 398 g/mol. The summed E-state index contributed by atoms with van der Waals surface area (Å²) in [5.74, 6) is 1.49. The molecule has 0 atom stereocenters. The quantitative estimate of drug-likeness (QED) is 0.451. The third-order valence-corrected chi connectivity index (χ3v) is 6.28. The molecule has 0 spiro atoms. The van der Waals surface area contributed by atoms with Gasteiger partial charge in [-0.1, -0.05) is 17.7 Å². The van der Waals surface area contributed by atoms with E-state index >= 15 is 0 Å². The van der Waals surface area contributed by atoms with Crippen LogP contribution in [0.1, 0.15) is 49.4 Å². The van der Waals surface area contributed by atoms with Crippen molar-refractivity contribution in [2.24, 2.45) is 0 Å². The number of benzene rings is 2. The highest BCUT2D eigenvalue weighted by Crippen LogP contribution is 2.39. The number of nitrogens with one attached hydrogen (secondary N) is 2. The Balaban J connectivity index is 1.41. The molecule has 1 saturated carbocycles. The number of rotatable bonds is 4. The molecule has 1 fully saturated rings. The van der Waals surface area contributed by atoms with Gasteiger partial charge in [-0.3, -0.25) is 4.68 Å². The first-order valence-corrected chi connectivity index (χ1v) is 10.4. The lowest BCUT2D eigenvalue weighted by Crippen LogP contribution is -2.34. The second kappa shape index (κ2) is 6.01. The SMILES string of the molecule is Cc1ccc2c(cnn2C(C)(C)c2ccc3c(c2)n[nH][n+]3-c2cc(C3CC3)[nH]n2)c1. The maximum absolute atomic E-state index is 4.71. The lowest BCUT2D eigenvalue weighted by molar-refractivity contribution is -0.638. The number of fused-ring (bicyclic) bond motifs is 2. The Labute approximate surface area is 173 Å². The van der Waals surface area contributed by atoms with Gasteiger partial charge in [0.15, 0.2) is 5.52 Å². The second-order valence-corrected chi connectivity index (χ2v) is 8.88. The summed E-state index contributed by atoms with van der Waals surface area (Å²) in [6.45, 7) is 6.49. The van der Waals surface area contributed by atoms with Crippen LogP contribution in [0.5, 0.6) is 0 Å². The van der Waals surface area contributed by atoms with Gasteiger partial charge in [-0.25, -0.2) is 5.10 Å². The molecule has 3 heterocycles. The number of hydrogen-bond acceptors (Lipinski definition) is 3. The highest BCUT2D eigenvalue weighted by atomic mass is 15.5. The number of H-pyrrole nitrogens is 2. The van der Waals surface area contributed by atoms with Crippen molar-refractivity contribution in [2.45, 2.75) is 45.1 Å². The van der Waals surface area contributed by atoms with Gasteiger partial charge in [0, 0.05) is 17.4 Å². The minimum Gasteiger partial charge on any atom is -0.255 e. The van der Waals surface area contributed by atoms with Crippen LogP contribution in [-0.4, -0.2) is 30.3 Å². The van der Waals surface area contributed by atoms with E-state index < -0.39 is 0 Å². The average Bonchev–Trinajstić information content (AvgIpc) is 3.15. The van der Waals surface area contributed by atoms with Gasteiger partial charge >= 0.3 is 5.82 Å². The van der Waals surface area contributed by atoms with Gasteiger partial charge in [0.05, 0.1) is 22.9 Å². The van der Waals surface area contributed by atoms with E-state index in [-0.39, 0.29) is 5.54 Å². The molecule has 150 valence electrons. The summed E-state index contributed by atoms with van der Waals surface area (Å²) >= 11 is 0. The zero-order chi connectivity index (χ0) is 20.5. The first-order valence-electron chi connectivity index (χ1n) is 10.4. The molecule has 7 nitrogen and oxygen atoms in total. The molecule has 0 saturated heterocycles. The number of hydrogen-bond donors (Lipinski definition) is 2. The van der Waals surface area contributed by atoms with Crippen molar-refractivity contribution in [3.8, 4) is 5.82 Å². The second-order valence-electron chi connectivity index (χ2n) is 8.88. The van der Waals surface area contributed by atoms with Gasteiger partial charge in [-0.15, -0.1) is 9.90 Å². The lowest BCUT2D eigenvalue weighted by atomic mass is 9.93. The molecular weight excluding hydrogens is 374 g/mol. The van der Waals surface area contributed by atoms with Crippen LogP contribution in [0.4, 0.5) is 0 Å². The molecule has 7 heteroatoms. The highest BCUT2D eigenvalue weighted by molar-refractivity contribution is 5.80. The summed E-state index contributed by atoms with van der Waals surface area (Å²) in [4.78, 5) is 0. The van der Waals surface area contributed by atoms with Crippen LogP contribution in [0.3, 0.4) is 0 Å². The maximum Gasteiger partial charge on any atom is 0.309 e. The van der Waals surface area contributed by atoms with Crippen LogP contribution in [0, 0.1) is 6.92 Å². The summed E-state index contributed by atoms with van der Waals surface area (Å²) in [6, 6.07) is 15.0. The fourth-order valence-corrected chi connectivity index (χ4v) is 4.28. The Morgan fingerprint density at radius 2 is 1.93 bits per heavy atom. The van der Waals surface area contributed by atoms with Gasteiger partial charge in [0.2, 0.25) is 5.52 Å². The molecule has 0 radical (unpaired) electrons. The molecule has 30 heavy (non-hydrogen) atoms. The summed E-state index contributed by atoms with van der Waals surface area (Å²) < 4.78 is 4.03. The molecule has 1 aliphatic rings. The molecule has 5 aromatic rings. The smallest absolute Gasteiger partial charge is 0.255 e. The zero-order valence-electron chi connectivity index (χ0n) is 17.3. The van der Waals surface area contributed by atoms with E-state index in [0.29, 0.717) is 5.92 Å². The van der Waals surface area contributed by atoms with Crippen molar-refractivity contribution < 1.29 is 4.68 Å². The van der Waals surface area contributed by atoms with E-state index in [2.05, 4.69) is 88.4 Å². The zero-order valence-corrected chi connectivity index (χ0v) is 17.3. The largest absolute Gasteiger partial charge is 0.309 e. The van der Waals surface area contributed by atoms with Crippen molar-refractivity contribution in [1.29, 1.82) is 0 Å². The molecule has 0 aliphatic heterocycles. The molecule has 2 aromatic carbocycles. The first-order chi connectivity index (χ1) is 14.5. The maximum atomic E-state index is 4.71. The van der Waals surface area contributed by atoms with Crippen molar-refractivity contribution in [2.75, 3.05) is 0 Å². The Hall–Kier alpha value is -3.48. The summed E-state index contributed by atoms with van der Waals surface area (Å²) in [5, 5.41) is 21.2. The molecule has 2 N–H and O–H groups in total. The fraction of sp³-hybridized carbons (Fsp3) is 0.304. The number of aromatic amines is 2. The van der Waals surface area contributed by atoms with Gasteiger partial charge in [0.1, 0.15) is 0 Å². The van der Waals surface area contributed by atoms with E-state index in [0.717, 1.165) is 33.3 Å². The van der Waals surface area contributed by atoms with Crippen LogP contribution in [0.2, 0.25) is 0 Å². The van der Waals surface area contributed by atoms with Crippen molar-refractivity contribution in [3.05, 3.63) is 65.5 Å². The third-order valence-electron chi connectivity index (χ3n) is 6.28. The van der Waals surface area contributed by atoms with E-state index in [1.54, 1.807) is 0 Å². The van der Waals surface area contributed by atoms with Crippen molar-refractivity contribution >= 4 is 21.9 Å². The molecule has 0 unspecified atom stereocenters. The predicted molar refractivity (Wildman–Crippen MR) is 115 cm³/mol. The Morgan fingerprint density at radius 1 is 1.07 bits per heavy atom. The summed E-state index contributed by atoms with van der Waals surface area (Å²) in [6.07, 6.45) is 4.44. The van der Waals surface area contributed by atoms with E-state index in [1.165, 1.54) is 24.1 Å². The Bertz CT molecular complexity index is 1400. The minimum absolute atomic E-state index is 0.319. The van der Waals surface area contributed by atoms with Crippen molar-refractivity contribution in [1.82, 2.24) is 30.3 Å². The molecule has 3 aromatic heterocycles. The van der Waals surface area contributed by atoms with Crippen molar-refractivity contribution in [3.63, 3.8) is 0 Å².